The molecule has 0 atom stereocenters. The first-order valence-corrected chi connectivity index (χ1v) is 1.11. The molecule has 0 radical (unpaired) electrons. The molecule has 3 nitrogen and oxygen atoms in total. The quantitative estimate of drug-likeness (QED) is 0.244. The first-order chi connectivity index (χ1) is 2.73. The third kappa shape index (κ3) is 248. The molecular formula is C3H4Na2O3. The van der Waals surface area contributed by atoms with Crippen molar-refractivity contribution in [2.24, 2.45) is 0 Å². The molecule has 0 N–H and O–H groups in total. The molecule has 0 fully saturated rings. The zero-order chi connectivity index (χ0) is 5.58. The zero-order valence-electron chi connectivity index (χ0n) is 5.14. The van der Waals surface area contributed by atoms with Crippen molar-refractivity contribution in [2.75, 3.05) is 0 Å². The number of carbonyl (C=O) groups is 1. The summed E-state index contributed by atoms with van der Waals surface area (Å²) in [6, 6.07) is 0. The van der Waals surface area contributed by atoms with Crippen LogP contribution in [-0.4, -0.2) is 6.16 Å². The van der Waals surface area contributed by atoms with Gasteiger partial charge in [-0.25, -0.2) is 0 Å². The Kier molecular flexibility index (Phi) is 70.5. The molecule has 0 unspecified atom stereocenters. The van der Waals surface area contributed by atoms with Crippen LogP contribution in [0.25, 0.3) is 0 Å². The summed E-state index contributed by atoms with van der Waals surface area (Å²) in [4.78, 5) is 8.33. The van der Waals surface area contributed by atoms with Gasteiger partial charge in [-0.2, -0.15) is 0 Å². The van der Waals surface area contributed by atoms with E-state index >= 15 is 0 Å². The average molecular weight is 134 g/mol. The van der Waals surface area contributed by atoms with Crippen LogP contribution in [0.1, 0.15) is 0 Å². The van der Waals surface area contributed by atoms with Gasteiger partial charge in [-0.05, 0) is 6.16 Å². The summed E-state index contributed by atoms with van der Waals surface area (Å²) in [7, 11) is 0. The normalized spacial score (nSPS) is 3.50. The van der Waals surface area contributed by atoms with Crippen LogP contribution in [-0.2, 0) is 0 Å². The van der Waals surface area contributed by atoms with Crippen molar-refractivity contribution in [3.63, 3.8) is 0 Å². The van der Waals surface area contributed by atoms with E-state index in [4.69, 9.17) is 15.0 Å². The maximum atomic E-state index is 8.33. The van der Waals surface area contributed by atoms with Gasteiger partial charge in [-0.3, -0.25) is 0 Å². The minimum Gasteiger partial charge on any atom is -0.652 e. The van der Waals surface area contributed by atoms with E-state index < -0.39 is 6.16 Å². The van der Waals surface area contributed by atoms with Gasteiger partial charge >= 0.3 is 59.1 Å². The van der Waals surface area contributed by atoms with Crippen LogP contribution in [0.3, 0.4) is 0 Å². The molecule has 0 aliphatic rings. The summed E-state index contributed by atoms with van der Waals surface area (Å²) in [5.74, 6) is 0. The summed E-state index contributed by atoms with van der Waals surface area (Å²) in [5, 5.41) is 16.7. The molecule has 0 aromatic carbocycles. The molecule has 0 heterocycles. The fourth-order valence-electron chi connectivity index (χ4n) is 0. The Balaban J connectivity index is -0.0000000183. The summed E-state index contributed by atoms with van der Waals surface area (Å²) in [6.07, 6.45) is -2.33. The van der Waals surface area contributed by atoms with Crippen LogP contribution in [0.5, 0.6) is 0 Å². The maximum absolute atomic E-state index is 8.33. The Morgan fingerprint density at radius 2 is 1.12 bits per heavy atom. The Morgan fingerprint density at radius 3 is 1.12 bits per heavy atom. The number of carboxylic acid groups (broad SMARTS) is 2. The maximum Gasteiger partial charge on any atom is 1.00 e. The molecule has 0 aliphatic heterocycles. The van der Waals surface area contributed by atoms with E-state index in [1.165, 1.54) is 0 Å². The molecule has 36 valence electrons. The van der Waals surface area contributed by atoms with Crippen molar-refractivity contribution in [2.45, 2.75) is 0 Å². The van der Waals surface area contributed by atoms with Crippen LogP contribution in [0, 0.1) is 0 Å². The van der Waals surface area contributed by atoms with Gasteiger partial charge in [-0.1, -0.05) is 0 Å². The van der Waals surface area contributed by atoms with Crippen molar-refractivity contribution in [1.82, 2.24) is 0 Å². The van der Waals surface area contributed by atoms with E-state index in [-0.39, 0.29) is 59.1 Å². The van der Waals surface area contributed by atoms with Crippen LogP contribution >= 0.6 is 0 Å². The Morgan fingerprint density at radius 1 is 1.12 bits per heavy atom. The number of carbonyl (C=O) groups excluding carboxylic acids is 1. The molecule has 0 rings (SSSR count). The third-order valence-electron chi connectivity index (χ3n) is 0. The molecule has 0 aromatic rings. The van der Waals surface area contributed by atoms with Gasteiger partial charge in [0.1, 0.15) is 0 Å². The standard InChI is InChI=1S/C2H4.CH2O3.2Na/c1-2;2-1(3)4;;/h1-2H2;(H2,2,3,4);;/q;;2*+1/p-2. The summed E-state index contributed by atoms with van der Waals surface area (Å²) >= 11 is 0. The molecule has 0 aliphatic carbocycles. The molecule has 0 spiro atoms. The number of hydrogen-bond donors (Lipinski definition) is 0. The molecule has 0 saturated carbocycles. The number of hydrogen-bond acceptors (Lipinski definition) is 3. The van der Waals surface area contributed by atoms with Crippen LogP contribution in [0.2, 0.25) is 0 Å². The minimum atomic E-state index is -2.33. The van der Waals surface area contributed by atoms with E-state index in [1.807, 2.05) is 0 Å². The Hall–Kier alpha value is 1.01. The molecule has 0 saturated heterocycles. The van der Waals surface area contributed by atoms with E-state index in [2.05, 4.69) is 13.2 Å². The van der Waals surface area contributed by atoms with E-state index in [0.717, 1.165) is 0 Å². The molecule has 0 aromatic heterocycles. The first-order valence-electron chi connectivity index (χ1n) is 1.11. The third-order valence-corrected chi connectivity index (χ3v) is 0. The fraction of sp³-hybridized carbons (Fsp3) is 0. The molecule has 0 amide bonds. The zero-order valence-corrected chi connectivity index (χ0v) is 9.14. The second-order valence-corrected chi connectivity index (χ2v) is 0.250. The number of rotatable bonds is 0. The van der Waals surface area contributed by atoms with E-state index in [0.29, 0.717) is 0 Å². The average Bonchev–Trinajstić information content (AvgIpc) is 1.41. The molecule has 8 heavy (non-hydrogen) atoms. The molecule has 0 bridgehead atoms. The molecular weight excluding hydrogens is 130 g/mol. The smallest absolute Gasteiger partial charge is 0.652 e. The minimum absolute atomic E-state index is 0. The van der Waals surface area contributed by atoms with Crippen molar-refractivity contribution < 1.29 is 74.1 Å². The van der Waals surface area contributed by atoms with E-state index in [1.54, 1.807) is 0 Å². The summed E-state index contributed by atoms with van der Waals surface area (Å²) < 4.78 is 0. The topological polar surface area (TPSA) is 63.2 Å². The monoisotopic (exact) mass is 134 g/mol. The second kappa shape index (κ2) is 24.5. The largest absolute Gasteiger partial charge is 1.00 e. The summed E-state index contributed by atoms with van der Waals surface area (Å²) in [5.41, 5.74) is 0. The van der Waals surface area contributed by atoms with Gasteiger partial charge in [-0.15, -0.1) is 13.2 Å². The van der Waals surface area contributed by atoms with Gasteiger partial charge in [0.25, 0.3) is 0 Å². The van der Waals surface area contributed by atoms with Crippen LogP contribution in [0.4, 0.5) is 4.79 Å². The van der Waals surface area contributed by atoms with Crippen molar-refractivity contribution in [1.29, 1.82) is 0 Å². The predicted molar refractivity (Wildman–Crippen MR) is 16.7 cm³/mol. The van der Waals surface area contributed by atoms with Gasteiger partial charge in [0.2, 0.25) is 0 Å². The SMILES string of the molecule is C=C.O=C([O-])[O-].[Na+].[Na+]. The van der Waals surface area contributed by atoms with Crippen LogP contribution < -0.4 is 69.3 Å². The van der Waals surface area contributed by atoms with Crippen molar-refractivity contribution in [3.05, 3.63) is 13.2 Å². The van der Waals surface area contributed by atoms with E-state index in [9.17, 15) is 0 Å². The van der Waals surface area contributed by atoms with Crippen molar-refractivity contribution in [3.8, 4) is 0 Å². The van der Waals surface area contributed by atoms with Crippen molar-refractivity contribution >= 4 is 6.16 Å². The first kappa shape index (κ1) is 23.0. The molecule has 5 heteroatoms. The Bertz CT molecular complexity index is 43.8. The predicted octanol–water partition coefficient (Wildman–Crippen LogP) is -7.64. The fourth-order valence-corrected chi connectivity index (χ4v) is 0. The van der Waals surface area contributed by atoms with Crippen LogP contribution in [0.15, 0.2) is 13.2 Å². The van der Waals surface area contributed by atoms with Gasteiger partial charge < -0.3 is 15.0 Å². The van der Waals surface area contributed by atoms with Gasteiger partial charge in [0, 0.05) is 0 Å². The summed E-state index contributed by atoms with van der Waals surface area (Å²) in [6.45, 7) is 6.00. The second-order valence-electron chi connectivity index (χ2n) is 0.250. The Labute approximate surface area is 92.4 Å². The van der Waals surface area contributed by atoms with Gasteiger partial charge in [0.05, 0.1) is 0 Å². The van der Waals surface area contributed by atoms with Gasteiger partial charge in [0.15, 0.2) is 0 Å².